The van der Waals surface area contributed by atoms with Crippen LogP contribution >= 0.6 is 0 Å². The molecule has 2 rings (SSSR count). The topological polar surface area (TPSA) is 44.4 Å². The summed E-state index contributed by atoms with van der Waals surface area (Å²) in [5, 5.41) is 6.20. The van der Waals surface area contributed by atoms with Crippen molar-refractivity contribution in [3.63, 3.8) is 0 Å². The van der Waals surface area contributed by atoms with Gasteiger partial charge in [-0.25, -0.2) is 4.79 Å². The Balaban J connectivity index is 1.56. The van der Waals surface area contributed by atoms with Crippen LogP contribution in [0, 0.1) is 11.8 Å². The highest BCUT2D eigenvalue weighted by molar-refractivity contribution is 5.74. The maximum absolute atomic E-state index is 12.0. The predicted octanol–water partition coefficient (Wildman–Crippen LogP) is 2.99. The molecule has 1 aliphatic carbocycles. The van der Waals surface area contributed by atoms with Crippen molar-refractivity contribution < 1.29 is 4.79 Å². The molecule has 3 unspecified atom stereocenters. The second-order valence-electron chi connectivity index (χ2n) is 7.03. The normalized spacial score (nSPS) is 30.9. The fourth-order valence-corrected chi connectivity index (χ4v) is 3.69. The zero-order chi connectivity index (χ0) is 15.1. The molecule has 21 heavy (non-hydrogen) atoms. The van der Waals surface area contributed by atoms with Crippen molar-refractivity contribution in [1.82, 2.24) is 15.5 Å². The molecule has 2 fully saturated rings. The van der Waals surface area contributed by atoms with Crippen LogP contribution < -0.4 is 10.6 Å². The Hall–Kier alpha value is -0.770. The van der Waals surface area contributed by atoms with Gasteiger partial charge in [-0.05, 0) is 57.2 Å². The maximum atomic E-state index is 12.0. The lowest BCUT2D eigenvalue weighted by Crippen LogP contribution is -2.48. The number of amides is 2. The molecule has 0 bridgehead atoms. The van der Waals surface area contributed by atoms with Gasteiger partial charge in [0, 0.05) is 12.6 Å². The molecule has 1 aliphatic heterocycles. The number of nitrogens with zero attached hydrogens (tertiary/aromatic N) is 1. The summed E-state index contributed by atoms with van der Waals surface area (Å²) < 4.78 is 0. The summed E-state index contributed by atoms with van der Waals surface area (Å²) in [6.45, 7) is 8.96. The first-order valence-electron chi connectivity index (χ1n) is 8.93. The third-order valence-electron chi connectivity index (χ3n) is 5.41. The number of hydrogen-bond donors (Lipinski definition) is 2. The number of hydrogen-bond acceptors (Lipinski definition) is 2. The van der Waals surface area contributed by atoms with Crippen LogP contribution in [0.15, 0.2) is 0 Å². The van der Waals surface area contributed by atoms with Gasteiger partial charge in [0.2, 0.25) is 0 Å². The van der Waals surface area contributed by atoms with Gasteiger partial charge in [0.05, 0.1) is 0 Å². The van der Waals surface area contributed by atoms with Crippen LogP contribution in [0.1, 0.15) is 58.8 Å². The summed E-state index contributed by atoms with van der Waals surface area (Å²) >= 11 is 0. The van der Waals surface area contributed by atoms with Gasteiger partial charge in [-0.1, -0.05) is 33.1 Å². The second-order valence-corrected chi connectivity index (χ2v) is 7.03. The first-order chi connectivity index (χ1) is 10.2. The predicted molar refractivity (Wildman–Crippen MR) is 87.4 cm³/mol. The minimum atomic E-state index is 0.0274. The van der Waals surface area contributed by atoms with Crippen LogP contribution in [0.4, 0.5) is 4.79 Å². The van der Waals surface area contributed by atoms with Crippen LogP contribution in [0.2, 0.25) is 0 Å². The van der Waals surface area contributed by atoms with Crippen LogP contribution in [-0.4, -0.2) is 43.2 Å². The average molecular weight is 295 g/mol. The van der Waals surface area contributed by atoms with Gasteiger partial charge >= 0.3 is 6.03 Å². The third kappa shape index (κ3) is 5.50. The number of rotatable bonds is 5. The van der Waals surface area contributed by atoms with Crippen molar-refractivity contribution in [2.24, 2.45) is 11.8 Å². The Morgan fingerprint density at radius 1 is 1.10 bits per heavy atom. The van der Waals surface area contributed by atoms with Crippen molar-refractivity contribution in [3.05, 3.63) is 0 Å². The van der Waals surface area contributed by atoms with Crippen LogP contribution in [0.25, 0.3) is 0 Å². The lowest BCUT2D eigenvalue weighted by molar-refractivity contribution is 0.194. The van der Waals surface area contributed by atoms with E-state index in [2.05, 4.69) is 29.4 Å². The molecule has 1 heterocycles. The molecule has 0 radical (unpaired) electrons. The fraction of sp³-hybridized carbons (Fsp3) is 0.941. The number of piperidine rings is 1. The highest BCUT2D eigenvalue weighted by Crippen LogP contribution is 2.29. The molecule has 2 N–H and O–H groups in total. The van der Waals surface area contributed by atoms with Crippen molar-refractivity contribution >= 4 is 6.03 Å². The molecule has 1 saturated heterocycles. The standard InChI is InChI=1S/C17H33N3O/c1-14-8-6-9-16(15(14)2)19-17(21)18-10-7-13-20-11-4-3-5-12-20/h14-16H,3-13H2,1-2H3,(H2,18,19,21). The van der Waals surface area contributed by atoms with E-state index in [1.165, 1.54) is 45.2 Å². The third-order valence-corrected chi connectivity index (χ3v) is 5.41. The zero-order valence-electron chi connectivity index (χ0n) is 13.9. The molecule has 2 amide bonds. The Kier molecular flexibility index (Phi) is 6.81. The lowest BCUT2D eigenvalue weighted by Gasteiger charge is -2.34. The molecule has 0 spiro atoms. The van der Waals surface area contributed by atoms with Gasteiger partial charge in [-0.15, -0.1) is 0 Å². The van der Waals surface area contributed by atoms with Crippen molar-refractivity contribution in [2.75, 3.05) is 26.2 Å². The van der Waals surface area contributed by atoms with Crippen molar-refractivity contribution in [3.8, 4) is 0 Å². The first kappa shape index (κ1) is 16.6. The molecule has 122 valence electrons. The molecule has 3 atom stereocenters. The van der Waals surface area contributed by atoms with E-state index in [0.717, 1.165) is 31.8 Å². The van der Waals surface area contributed by atoms with Gasteiger partial charge in [0.25, 0.3) is 0 Å². The molecule has 0 aromatic carbocycles. The quantitative estimate of drug-likeness (QED) is 0.766. The summed E-state index contributed by atoms with van der Waals surface area (Å²) in [5.41, 5.74) is 0. The fourth-order valence-electron chi connectivity index (χ4n) is 3.69. The van der Waals surface area contributed by atoms with Gasteiger partial charge in [-0.3, -0.25) is 0 Å². The minimum Gasteiger partial charge on any atom is -0.338 e. The number of likely N-dealkylation sites (tertiary alicyclic amines) is 1. The van der Waals surface area contributed by atoms with Gasteiger partial charge in [-0.2, -0.15) is 0 Å². The maximum Gasteiger partial charge on any atom is 0.315 e. The summed E-state index contributed by atoms with van der Waals surface area (Å²) in [4.78, 5) is 14.5. The van der Waals surface area contributed by atoms with Crippen LogP contribution in [0.3, 0.4) is 0 Å². The highest BCUT2D eigenvalue weighted by Gasteiger charge is 2.27. The largest absolute Gasteiger partial charge is 0.338 e. The molecule has 2 aliphatic rings. The number of carbonyl (C=O) groups excluding carboxylic acids is 1. The van der Waals surface area contributed by atoms with Crippen molar-refractivity contribution in [1.29, 1.82) is 0 Å². The second kappa shape index (κ2) is 8.62. The van der Waals surface area contributed by atoms with Gasteiger partial charge < -0.3 is 15.5 Å². The Morgan fingerprint density at radius 2 is 1.86 bits per heavy atom. The Morgan fingerprint density at radius 3 is 2.62 bits per heavy atom. The average Bonchev–Trinajstić information content (AvgIpc) is 2.49. The molecule has 4 nitrogen and oxygen atoms in total. The lowest BCUT2D eigenvalue weighted by atomic mass is 9.78. The Bertz CT molecular complexity index is 315. The molecule has 4 heteroatoms. The smallest absolute Gasteiger partial charge is 0.315 e. The van der Waals surface area contributed by atoms with Crippen molar-refractivity contribution in [2.45, 2.75) is 64.8 Å². The van der Waals surface area contributed by atoms with E-state index in [0.29, 0.717) is 12.0 Å². The zero-order valence-corrected chi connectivity index (χ0v) is 13.9. The Labute approximate surface area is 130 Å². The molecule has 0 aromatic rings. The molecule has 1 saturated carbocycles. The van der Waals surface area contributed by atoms with Gasteiger partial charge in [0.15, 0.2) is 0 Å². The summed E-state index contributed by atoms with van der Waals surface area (Å²) in [6, 6.07) is 0.385. The van der Waals surface area contributed by atoms with E-state index in [4.69, 9.17) is 0 Å². The summed E-state index contributed by atoms with van der Waals surface area (Å²) in [6.07, 6.45) is 8.80. The molecular weight excluding hydrogens is 262 g/mol. The van der Waals surface area contributed by atoms with E-state index in [-0.39, 0.29) is 6.03 Å². The van der Waals surface area contributed by atoms with Crippen LogP contribution in [0.5, 0.6) is 0 Å². The SMILES string of the molecule is CC1CCCC(NC(=O)NCCCN2CCCCC2)C1C. The minimum absolute atomic E-state index is 0.0274. The number of urea groups is 1. The van der Waals surface area contributed by atoms with E-state index >= 15 is 0 Å². The summed E-state index contributed by atoms with van der Waals surface area (Å²) in [7, 11) is 0. The van der Waals surface area contributed by atoms with E-state index in [1.807, 2.05) is 0 Å². The van der Waals surface area contributed by atoms with Crippen LogP contribution in [-0.2, 0) is 0 Å². The summed E-state index contributed by atoms with van der Waals surface area (Å²) in [5.74, 6) is 1.32. The van der Waals surface area contributed by atoms with Gasteiger partial charge in [0.1, 0.15) is 0 Å². The van der Waals surface area contributed by atoms with E-state index in [9.17, 15) is 4.79 Å². The first-order valence-corrected chi connectivity index (χ1v) is 8.93. The van der Waals surface area contributed by atoms with E-state index in [1.54, 1.807) is 0 Å². The molecule has 0 aromatic heterocycles. The highest BCUT2D eigenvalue weighted by atomic mass is 16.2. The number of carbonyl (C=O) groups is 1. The number of nitrogens with one attached hydrogen (secondary N) is 2. The van der Waals surface area contributed by atoms with E-state index < -0.39 is 0 Å². The molecular formula is C17H33N3O. The monoisotopic (exact) mass is 295 g/mol.